The lowest BCUT2D eigenvalue weighted by Gasteiger charge is -2.33. The zero-order valence-electron chi connectivity index (χ0n) is 11.2. The first-order valence-corrected chi connectivity index (χ1v) is 7.78. The summed E-state index contributed by atoms with van der Waals surface area (Å²) in [5.41, 5.74) is 1.48. The van der Waals surface area contributed by atoms with Crippen LogP contribution in [0, 0.1) is 0 Å². The van der Waals surface area contributed by atoms with Gasteiger partial charge in [0.1, 0.15) is 5.54 Å². The van der Waals surface area contributed by atoms with Crippen LogP contribution in [0.1, 0.15) is 11.1 Å². The predicted molar refractivity (Wildman–Crippen MR) is 88.1 cm³/mol. The van der Waals surface area contributed by atoms with Gasteiger partial charge in [-0.1, -0.05) is 83.3 Å². The molecule has 4 heteroatoms. The molecule has 0 aliphatic heterocycles. The Bertz CT molecular complexity index is 518. The zero-order valence-corrected chi connectivity index (χ0v) is 13.3. The molecule has 0 radical (unpaired) electrons. The predicted octanol–water partition coefficient (Wildman–Crippen LogP) is 3.72. The summed E-state index contributed by atoms with van der Waals surface area (Å²) in [6.07, 6.45) is -0.436. The first-order valence-electron chi connectivity index (χ1n) is 6.26. The van der Waals surface area contributed by atoms with Gasteiger partial charge in [-0.05, 0) is 11.1 Å². The van der Waals surface area contributed by atoms with Crippen molar-refractivity contribution in [3.8, 4) is 0 Å². The molecule has 0 aromatic heterocycles. The fraction of sp³-hybridized carbons (Fsp3) is 0.188. The summed E-state index contributed by atoms with van der Waals surface area (Å²) in [5, 5.41) is 2.99. The highest BCUT2D eigenvalue weighted by Gasteiger charge is 2.35. The molecule has 104 valence electrons. The summed E-state index contributed by atoms with van der Waals surface area (Å²) in [5.74, 6) is 0. The van der Waals surface area contributed by atoms with E-state index in [-0.39, 0.29) is 0 Å². The Hall–Kier alpha value is -1.56. The van der Waals surface area contributed by atoms with Crippen molar-refractivity contribution in [1.82, 2.24) is 5.32 Å². The van der Waals surface area contributed by atoms with Crippen molar-refractivity contribution in [2.75, 3.05) is 11.5 Å². The molecule has 0 saturated heterocycles. The molecule has 2 rings (SSSR count). The number of halogens is 1. The van der Waals surface area contributed by atoms with Gasteiger partial charge >= 0.3 is 6.09 Å². The van der Waals surface area contributed by atoms with Gasteiger partial charge in [0.05, 0.1) is 7.11 Å². The third kappa shape index (κ3) is 2.95. The molecular weight excluding hydrogens is 365 g/mol. The Morgan fingerprint density at radius 2 is 1.50 bits per heavy atom. The molecule has 1 amide bonds. The van der Waals surface area contributed by atoms with E-state index in [0.29, 0.717) is 4.43 Å². The first-order chi connectivity index (χ1) is 9.73. The fourth-order valence-corrected chi connectivity index (χ4v) is 3.24. The number of ether oxygens (including phenoxy) is 1. The Balaban J connectivity index is 2.55. The van der Waals surface area contributed by atoms with Gasteiger partial charge in [-0.25, -0.2) is 4.79 Å². The number of alkyl halides is 1. The van der Waals surface area contributed by atoms with Gasteiger partial charge in [0.15, 0.2) is 0 Å². The van der Waals surface area contributed by atoms with Crippen molar-refractivity contribution in [2.24, 2.45) is 0 Å². The summed E-state index contributed by atoms with van der Waals surface area (Å²) in [6, 6.07) is 19.9. The van der Waals surface area contributed by atoms with E-state index in [1.54, 1.807) is 0 Å². The van der Waals surface area contributed by atoms with E-state index in [2.05, 4.69) is 27.9 Å². The van der Waals surface area contributed by atoms with Gasteiger partial charge in [0.2, 0.25) is 0 Å². The number of carbonyl (C=O) groups is 1. The lowest BCUT2D eigenvalue weighted by atomic mass is 9.85. The second kappa shape index (κ2) is 6.74. The fourth-order valence-electron chi connectivity index (χ4n) is 2.17. The van der Waals surface area contributed by atoms with E-state index >= 15 is 0 Å². The normalized spacial score (nSPS) is 10.9. The maximum absolute atomic E-state index is 11.8. The summed E-state index contributed by atoms with van der Waals surface area (Å²) < 4.78 is 5.50. The van der Waals surface area contributed by atoms with Gasteiger partial charge in [-0.3, -0.25) is 0 Å². The van der Waals surface area contributed by atoms with Crippen LogP contribution >= 0.6 is 22.6 Å². The molecule has 0 bridgehead atoms. The van der Waals surface area contributed by atoms with Crippen LogP contribution in [0.2, 0.25) is 0 Å². The highest BCUT2D eigenvalue weighted by molar-refractivity contribution is 14.1. The van der Waals surface area contributed by atoms with Gasteiger partial charge in [-0.15, -0.1) is 0 Å². The van der Waals surface area contributed by atoms with E-state index in [4.69, 9.17) is 4.74 Å². The van der Waals surface area contributed by atoms with E-state index in [0.717, 1.165) is 11.1 Å². The molecule has 0 spiro atoms. The van der Waals surface area contributed by atoms with E-state index in [1.807, 2.05) is 60.7 Å². The molecule has 3 nitrogen and oxygen atoms in total. The molecule has 0 atom stereocenters. The molecule has 0 aliphatic rings. The molecule has 0 saturated carbocycles. The molecular formula is C16H16INO2. The molecule has 20 heavy (non-hydrogen) atoms. The standard InChI is InChI=1S/C16H16INO2/c1-20-15(19)18-16(12-17,13-8-4-2-5-9-13)14-10-6-3-7-11-14/h2-11H,12H2,1H3,(H,18,19). The Kier molecular flexibility index (Phi) is 5.00. The van der Waals surface area contributed by atoms with Gasteiger partial charge in [-0.2, -0.15) is 0 Å². The average Bonchev–Trinajstić information content (AvgIpc) is 2.54. The molecule has 0 heterocycles. The smallest absolute Gasteiger partial charge is 0.407 e. The Morgan fingerprint density at radius 1 is 1.05 bits per heavy atom. The lowest BCUT2D eigenvalue weighted by molar-refractivity contribution is 0.162. The summed E-state index contributed by atoms with van der Waals surface area (Å²) in [4.78, 5) is 11.8. The largest absolute Gasteiger partial charge is 0.453 e. The van der Waals surface area contributed by atoms with Crippen LogP contribution in [0.15, 0.2) is 60.7 Å². The van der Waals surface area contributed by atoms with Gasteiger partial charge < -0.3 is 10.1 Å². The van der Waals surface area contributed by atoms with Crippen molar-refractivity contribution in [3.05, 3.63) is 71.8 Å². The van der Waals surface area contributed by atoms with E-state index in [9.17, 15) is 4.79 Å². The second-order valence-corrected chi connectivity index (χ2v) is 5.15. The van der Waals surface area contributed by atoms with Crippen LogP contribution in [0.5, 0.6) is 0 Å². The SMILES string of the molecule is COC(=O)NC(CI)(c1ccccc1)c1ccccc1. The molecule has 1 N–H and O–H groups in total. The van der Waals surface area contributed by atoms with Crippen LogP contribution in [0.25, 0.3) is 0 Å². The van der Waals surface area contributed by atoms with Crippen LogP contribution in [0.3, 0.4) is 0 Å². The van der Waals surface area contributed by atoms with Crippen molar-refractivity contribution >= 4 is 28.7 Å². The van der Waals surface area contributed by atoms with Crippen LogP contribution < -0.4 is 5.32 Å². The number of methoxy groups -OCH3 is 1. The van der Waals surface area contributed by atoms with Crippen molar-refractivity contribution in [1.29, 1.82) is 0 Å². The van der Waals surface area contributed by atoms with E-state index < -0.39 is 11.6 Å². The topological polar surface area (TPSA) is 38.3 Å². The number of nitrogens with one attached hydrogen (secondary N) is 1. The Morgan fingerprint density at radius 3 is 1.85 bits per heavy atom. The van der Waals surface area contributed by atoms with Crippen molar-refractivity contribution < 1.29 is 9.53 Å². The van der Waals surface area contributed by atoms with E-state index in [1.165, 1.54) is 7.11 Å². The minimum atomic E-state index is -0.587. The number of amides is 1. The number of carbonyl (C=O) groups excluding carboxylic acids is 1. The zero-order chi connectivity index (χ0) is 14.4. The van der Waals surface area contributed by atoms with Crippen LogP contribution in [-0.2, 0) is 10.3 Å². The molecule has 2 aromatic carbocycles. The number of rotatable bonds is 4. The number of hydrogen-bond acceptors (Lipinski definition) is 2. The summed E-state index contributed by atoms with van der Waals surface area (Å²) in [6.45, 7) is 0. The minimum Gasteiger partial charge on any atom is -0.453 e. The molecule has 2 aromatic rings. The molecule has 0 unspecified atom stereocenters. The second-order valence-electron chi connectivity index (χ2n) is 4.39. The summed E-state index contributed by atoms with van der Waals surface area (Å²) in [7, 11) is 1.38. The summed E-state index contributed by atoms with van der Waals surface area (Å²) >= 11 is 2.29. The number of benzene rings is 2. The average molecular weight is 381 g/mol. The molecule has 0 aliphatic carbocycles. The molecule has 0 fully saturated rings. The highest BCUT2D eigenvalue weighted by atomic mass is 127. The minimum absolute atomic E-state index is 0.436. The third-order valence-electron chi connectivity index (χ3n) is 3.23. The number of hydrogen-bond donors (Lipinski definition) is 1. The monoisotopic (exact) mass is 381 g/mol. The quantitative estimate of drug-likeness (QED) is 0.648. The maximum atomic E-state index is 11.8. The van der Waals surface area contributed by atoms with Crippen molar-refractivity contribution in [3.63, 3.8) is 0 Å². The van der Waals surface area contributed by atoms with Gasteiger partial charge in [0, 0.05) is 4.43 Å². The highest BCUT2D eigenvalue weighted by Crippen LogP contribution is 2.31. The van der Waals surface area contributed by atoms with Crippen LogP contribution in [-0.4, -0.2) is 17.6 Å². The lowest BCUT2D eigenvalue weighted by Crippen LogP contribution is -2.48. The first kappa shape index (κ1) is 14.8. The van der Waals surface area contributed by atoms with Crippen LogP contribution in [0.4, 0.5) is 4.79 Å². The maximum Gasteiger partial charge on any atom is 0.407 e. The number of alkyl carbamates (subject to hydrolysis) is 1. The van der Waals surface area contributed by atoms with Gasteiger partial charge in [0.25, 0.3) is 0 Å². The third-order valence-corrected chi connectivity index (χ3v) is 4.38. The Labute approximate surface area is 132 Å². The van der Waals surface area contributed by atoms with Crippen molar-refractivity contribution in [2.45, 2.75) is 5.54 Å².